The molecule has 1 fully saturated rings. The van der Waals surface area contributed by atoms with Gasteiger partial charge < -0.3 is 25.1 Å². The van der Waals surface area contributed by atoms with Crippen LogP contribution >= 0.6 is 0 Å². The average molecular weight is 353 g/mol. The molecule has 0 amide bonds. The van der Waals surface area contributed by atoms with Crippen LogP contribution in [0.25, 0.3) is 11.0 Å². The van der Waals surface area contributed by atoms with Gasteiger partial charge in [0.15, 0.2) is 11.5 Å². The third kappa shape index (κ3) is 3.00. The van der Waals surface area contributed by atoms with Gasteiger partial charge in [0.2, 0.25) is 5.95 Å². The van der Waals surface area contributed by atoms with Crippen molar-refractivity contribution in [2.24, 2.45) is 0 Å². The largest absolute Gasteiger partial charge is 0.493 e. The lowest BCUT2D eigenvalue weighted by Gasteiger charge is -2.27. The van der Waals surface area contributed by atoms with E-state index in [1.807, 2.05) is 24.4 Å². The number of H-pyrrole nitrogens is 1. The lowest BCUT2D eigenvalue weighted by atomic mass is 9.93. The van der Waals surface area contributed by atoms with Crippen LogP contribution in [0.4, 0.5) is 17.5 Å². The summed E-state index contributed by atoms with van der Waals surface area (Å²) >= 11 is 0. The molecule has 3 aromatic rings. The van der Waals surface area contributed by atoms with E-state index in [4.69, 9.17) is 14.5 Å². The van der Waals surface area contributed by atoms with Gasteiger partial charge in [-0.15, -0.1) is 0 Å². The van der Waals surface area contributed by atoms with Gasteiger partial charge in [0.25, 0.3) is 0 Å². The van der Waals surface area contributed by atoms with Crippen LogP contribution in [0.2, 0.25) is 0 Å². The second kappa shape index (κ2) is 6.74. The van der Waals surface area contributed by atoms with E-state index >= 15 is 0 Å². The van der Waals surface area contributed by atoms with Crippen molar-refractivity contribution in [3.05, 3.63) is 30.0 Å². The molecule has 4 rings (SSSR count). The van der Waals surface area contributed by atoms with Crippen LogP contribution in [0.1, 0.15) is 24.8 Å². The average Bonchev–Trinajstić information content (AvgIpc) is 2.99. The minimum Gasteiger partial charge on any atom is -0.493 e. The zero-order chi connectivity index (χ0) is 18.1. The van der Waals surface area contributed by atoms with E-state index in [2.05, 4.69) is 27.5 Å². The normalized spacial score (nSPS) is 14.1. The molecule has 0 aliphatic heterocycles. The van der Waals surface area contributed by atoms with Crippen LogP contribution in [-0.4, -0.2) is 35.2 Å². The molecule has 0 saturated heterocycles. The number of aromatic nitrogens is 3. The Labute approximate surface area is 152 Å². The first-order valence-corrected chi connectivity index (χ1v) is 8.79. The number of aromatic amines is 1. The van der Waals surface area contributed by atoms with E-state index in [-0.39, 0.29) is 0 Å². The van der Waals surface area contributed by atoms with Crippen molar-refractivity contribution in [2.75, 3.05) is 24.9 Å². The number of hydrogen-bond acceptors (Lipinski definition) is 6. The van der Waals surface area contributed by atoms with Crippen molar-refractivity contribution < 1.29 is 9.47 Å². The smallest absolute Gasteiger partial charge is 0.231 e. The Hall–Kier alpha value is -2.96. The molecule has 0 unspecified atom stereocenters. The van der Waals surface area contributed by atoms with Crippen molar-refractivity contribution in [1.29, 1.82) is 0 Å². The molecule has 136 valence electrons. The van der Waals surface area contributed by atoms with Gasteiger partial charge in [-0.2, -0.15) is 9.97 Å². The van der Waals surface area contributed by atoms with E-state index in [0.29, 0.717) is 23.5 Å². The van der Waals surface area contributed by atoms with Crippen molar-refractivity contribution in [2.45, 2.75) is 32.2 Å². The highest BCUT2D eigenvalue weighted by Crippen LogP contribution is 2.33. The highest BCUT2D eigenvalue weighted by molar-refractivity contribution is 5.91. The van der Waals surface area contributed by atoms with Gasteiger partial charge in [-0.3, -0.25) is 0 Å². The van der Waals surface area contributed by atoms with E-state index < -0.39 is 0 Å². The Morgan fingerprint density at radius 3 is 2.62 bits per heavy atom. The molecule has 0 spiro atoms. The van der Waals surface area contributed by atoms with Crippen molar-refractivity contribution >= 4 is 28.5 Å². The van der Waals surface area contributed by atoms with Crippen LogP contribution in [0, 0.1) is 6.92 Å². The summed E-state index contributed by atoms with van der Waals surface area (Å²) in [5, 5.41) is 7.87. The second-order valence-corrected chi connectivity index (χ2v) is 6.56. The Kier molecular flexibility index (Phi) is 4.28. The molecule has 1 aromatic carbocycles. The van der Waals surface area contributed by atoms with Gasteiger partial charge in [0, 0.05) is 24.0 Å². The van der Waals surface area contributed by atoms with Crippen LogP contribution in [0.5, 0.6) is 11.5 Å². The third-order valence-corrected chi connectivity index (χ3v) is 4.81. The molecule has 7 heteroatoms. The molecule has 1 aliphatic carbocycles. The molecule has 7 nitrogen and oxygen atoms in total. The minimum absolute atomic E-state index is 0.497. The molecule has 0 atom stereocenters. The number of nitrogens with zero attached hydrogens (tertiary/aromatic N) is 2. The van der Waals surface area contributed by atoms with Gasteiger partial charge in [0.05, 0.1) is 19.6 Å². The van der Waals surface area contributed by atoms with Gasteiger partial charge in [-0.1, -0.05) is 0 Å². The van der Waals surface area contributed by atoms with E-state index in [0.717, 1.165) is 28.1 Å². The molecule has 2 aromatic heterocycles. The van der Waals surface area contributed by atoms with E-state index in [1.165, 1.54) is 19.3 Å². The first-order chi connectivity index (χ1) is 12.7. The summed E-state index contributed by atoms with van der Waals surface area (Å²) in [4.78, 5) is 12.6. The molecule has 3 N–H and O–H groups in total. The maximum atomic E-state index is 5.36. The quantitative estimate of drug-likeness (QED) is 0.621. The number of methoxy groups -OCH3 is 2. The molecule has 1 saturated carbocycles. The molecule has 0 bridgehead atoms. The topological polar surface area (TPSA) is 84.1 Å². The molecule has 1 aliphatic rings. The van der Waals surface area contributed by atoms with Crippen LogP contribution < -0.4 is 20.1 Å². The number of fused-ring (bicyclic) bond motifs is 1. The number of rotatable bonds is 6. The molecular formula is C19H23N5O2. The summed E-state index contributed by atoms with van der Waals surface area (Å²) in [6.07, 6.45) is 5.61. The Bertz CT molecular complexity index is 933. The second-order valence-electron chi connectivity index (χ2n) is 6.56. The highest BCUT2D eigenvalue weighted by atomic mass is 16.5. The SMILES string of the molecule is COc1ccc(Nc2nc(NC3CCC3)c3c(C)c[nH]c3n2)cc1OC. The lowest BCUT2D eigenvalue weighted by Crippen LogP contribution is -2.27. The Morgan fingerprint density at radius 2 is 1.92 bits per heavy atom. The first-order valence-electron chi connectivity index (χ1n) is 8.79. The molecule has 2 heterocycles. The number of ether oxygens (including phenoxy) is 2. The van der Waals surface area contributed by atoms with Gasteiger partial charge >= 0.3 is 0 Å². The van der Waals surface area contributed by atoms with Gasteiger partial charge in [0.1, 0.15) is 11.5 Å². The molecular weight excluding hydrogens is 330 g/mol. The fourth-order valence-corrected chi connectivity index (χ4v) is 3.14. The van der Waals surface area contributed by atoms with Crippen LogP contribution in [0.15, 0.2) is 24.4 Å². The summed E-state index contributed by atoms with van der Waals surface area (Å²) < 4.78 is 10.6. The summed E-state index contributed by atoms with van der Waals surface area (Å²) in [5.41, 5.74) is 2.79. The standard InChI is InChI=1S/C19H23N5O2/c1-11-10-20-17-16(11)18(21-12-5-4-6-12)24-19(23-17)22-13-7-8-14(25-2)15(9-13)26-3/h7-10,12H,4-6H2,1-3H3,(H3,20,21,22,23,24). The zero-order valence-corrected chi connectivity index (χ0v) is 15.2. The van der Waals surface area contributed by atoms with Crippen LogP contribution in [0.3, 0.4) is 0 Å². The number of hydrogen-bond donors (Lipinski definition) is 3. The highest BCUT2D eigenvalue weighted by Gasteiger charge is 2.20. The number of benzene rings is 1. The fourth-order valence-electron chi connectivity index (χ4n) is 3.14. The number of nitrogens with one attached hydrogen (secondary N) is 3. The Balaban J connectivity index is 1.68. The van der Waals surface area contributed by atoms with Crippen molar-refractivity contribution in [3.8, 4) is 11.5 Å². The maximum absolute atomic E-state index is 5.36. The predicted molar refractivity (Wildman–Crippen MR) is 103 cm³/mol. The number of aryl methyl sites for hydroxylation is 1. The fraction of sp³-hybridized carbons (Fsp3) is 0.368. The first kappa shape index (κ1) is 16.5. The number of anilines is 3. The monoisotopic (exact) mass is 353 g/mol. The lowest BCUT2D eigenvalue weighted by molar-refractivity contribution is 0.355. The minimum atomic E-state index is 0.497. The van der Waals surface area contributed by atoms with Crippen molar-refractivity contribution in [1.82, 2.24) is 15.0 Å². The summed E-state index contributed by atoms with van der Waals surface area (Å²) in [6, 6.07) is 6.13. The van der Waals surface area contributed by atoms with Crippen molar-refractivity contribution in [3.63, 3.8) is 0 Å². The van der Waals surface area contributed by atoms with E-state index in [1.54, 1.807) is 14.2 Å². The maximum Gasteiger partial charge on any atom is 0.231 e. The van der Waals surface area contributed by atoms with Crippen LogP contribution in [-0.2, 0) is 0 Å². The summed E-state index contributed by atoms with van der Waals surface area (Å²) in [6.45, 7) is 2.07. The Morgan fingerprint density at radius 1 is 1.12 bits per heavy atom. The predicted octanol–water partition coefficient (Wildman–Crippen LogP) is 3.99. The summed E-state index contributed by atoms with van der Waals surface area (Å²) in [7, 11) is 3.24. The summed E-state index contributed by atoms with van der Waals surface area (Å²) in [5.74, 6) is 2.75. The molecule has 0 radical (unpaired) electrons. The molecule has 26 heavy (non-hydrogen) atoms. The van der Waals surface area contributed by atoms with Gasteiger partial charge in [-0.05, 0) is 43.9 Å². The van der Waals surface area contributed by atoms with Gasteiger partial charge in [-0.25, -0.2) is 0 Å². The van der Waals surface area contributed by atoms with E-state index in [9.17, 15) is 0 Å². The zero-order valence-electron chi connectivity index (χ0n) is 15.2. The third-order valence-electron chi connectivity index (χ3n) is 4.81.